The van der Waals surface area contributed by atoms with Crippen molar-refractivity contribution in [3.05, 3.63) is 24.8 Å². The normalized spacial score (nSPS) is 50.1. The minimum atomic E-state index is -0.351. The fourth-order valence-corrected chi connectivity index (χ4v) is 11.8. The van der Waals surface area contributed by atoms with Gasteiger partial charge in [0.2, 0.25) is 5.91 Å². The summed E-state index contributed by atoms with van der Waals surface area (Å²) in [6.45, 7) is 23.2. The number of rotatable bonds is 5. The van der Waals surface area contributed by atoms with E-state index in [1.54, 1.807) is 6.08 Å². The summed E-state index contributed by atoms with van der Waals surface area (Å²) in [7, 11) is 0. The van der Waals surface area contributed by atoms with Crippen molar-refractivity contribution in [3.8, 4) is 0 Å². The summed E-state index contributed by atoms with van der Waals surface area (Å²) >= 11 is 0. The Morgan fingerprint density at radius 1 is 0.946 bits per heavy atom. The minimum Gasteiger partial charge on any atom is -0.393 e. The van der Waals surface area contributed by atoms with Crippen LogP contribution in [0.4, 0.5) is 0 Å². The molecule has 4 nitrogen and oxygen atoms in total. The van der Waals surface area contributed by atoms with E-state index in [0.717, 1.165) is 38.5 Å². The number of nitrogens with one attached hydrogen (secondary N) is 1. The van der Waals surface area contributed by atoms with Gasteiger partial charge in [-0.2, -0.15) is 0 Å². The van der Waals surface area contributed by atoms with Crippen molar-refractivity contribution in [1.29, 1.82) is 0 Å². The van der Waals surface area contributed by atoms with Crippen LogP contribution in [-0.2, 0) is 9.63 Å². The van der Waals surface area contributed by atoms with E-state index in [4.69, 9.17) is 4.84 Å². The molecule has 0 heterocycles. The van der Waals surface area contributed by atoms with Gasteiger partial charge >= 0.3 is 0 Å². The maximum Gasteiger partial charge on any atom is 0.250 e. The number of amides is 1. The third-order valence-corrected chi connectivity index (χ3v) is 13.9. The largest absolute Gasteiger partial charge is 0.393 e. The zero-order valence-electron chi connectivity index (χ0n) is 24.5. The van der Waals surface area contributed by atoms with Gasteiger partial charge in [0, 0.05) is 0 Å². The average Bonchev–Trinajstić information content (AvgIpc) is 3.24. The molecule has 1 amide bonds. The molecule has 208 valence electrons. The molecule has 0 spiro atoms. The van der Waals surface area contributed by atoms with Crippen LogP contribution in [0.25, 0.3) is 0 Å². The van der Waals surface area contributed by atoms with Gasteiger partial charge in [-0.05, 0) is 122 Å². The molecule has 5 saturated carbocycles. The third kappa shape index (κ3) is 3.56. The van der Waals surface area contributed by atoms with Crippen molar-refractivity contribution in [2.45, 2.75) is 112 Å². The molecule has 0 bridgehead atoms. The van der Waals surface area contributed by atoms with Crippen molar-refractivity contribution in [2.75, 3.05) is 6.61 Å². The van der Waals surface area contributed by atoms with Crippen LogP contribution in [0, 0.1) is 56.7 Å². The van der Waals surface area contributed by atoms with Crippen LogP contribution in [0.3, 0.4) is 0 Å². The van der Waals surface area contributed by atoms with Crippen molar-refractivity contribution in [3.63, 3.8) is 0 Å². The van der Waals surface area contributed by atoms with Crippen LogP contribution in [0.2, 0.25) is 0 Å². The molecule has 5 rings (SSSR count). The Bertz CT molecular complexity index is 957. The number of carbonyl (C=O) groups is 1. The number of hydrogen-bond acceptors (Lipinski definition) is 3. The van der Waals surface area contributed by atoms with Gasteiger partial charge in [0.1, 0.15) is 0 Å². The fourth-order valence-electron chi connectivity index (χ4n) is 11.8. The molecule has 37 heavy (non-hydrogen) atoms. The summed E-state index contributed by atoms with van der Waals surface area (Å²) in [5.41, 5.74) is 4.46. The molecule has 0 saturated heterocycles. The highest BCUT2D eigenvalue weighted by Crippen LogP contribution is 2.77. The van der Waals surface area contributed by atoms with Crippen LogP contribution in [-0.4, -0.2) is 23.7 Å². The molecular weight excluding hydrogens is 458 g/mol. The van der Waals surface area contributed by atoms with Crippen LogP contribution >= 0.6 is 0 Å². The van der Waals surface area contributed by atoms with Crippen LogP contribution in [0.15, 0.2) is 24.8 Å². The van der Waals surface area contributed by atoms with E-state index in [-0.39, 0.29) is 39.1 Å². The molecule has 0 aliphatic heterocycles. The highest BCUT2D eigenvalue weighted by molar-refractivity contribution is 5.83. The second-order valence-corrected chi connectivity index (χ2v) is 15.2. The lowest BCUT2D eigenvalue weighted by Crippen LogP contribution is -2.67. The molecular formula is C33H53NO3. The van der Waals surface area contributed by atoms with Gasteiger partial charge in [0.05, 0.1) is 18.1 Å². The first-order valence-electron chi connectivity index (χ1n) is 15.2. The Labute approximate surface area is 226 Å². The molecule has 0 aromatic carbocycles. The summed E-state index contributed by atoms with van der Waals surface area (Å²) in [6.07, 6.45) is 12.6. The minimum absolute atomic E-state index is 0.0200. The lowest BCUT2D eigenvalue weighted by Gasteiger charge is -2.72. The molecule has 5 fully saturated rings. The topological polar surface area (TPSA) is 58.6 Å². The maximum atomic E-state index is 13.8. The van der Waals surface area contributed by atoms with Gasteiger partial charge in [0.25, 0.3) is 0 Å². The van der Waals surface area contributed by atoms with Crippen LogP contribution < -0.4 is 5.48 Å². The number of allylic oxidation sites excluding steroid dienone is 1. The Balaban J connectivity index is 1.52. The molecule has 5 aliphatic carbocycles. The monoisotopic (exact) mass is 511 g/mol. The van der Waals surface area contributed by atoms with E-state index in [2.05, 4.69) is 60.2 Å². The summed E-state index contributed by atoms with van der Waals surface area (Å²) in [5.74, 6) is 2.62. The second-order valence-electron chi connectivity index (χ2n) is 15.2. The Morgan fingerprint density at radius 2 is 1.68 bits per heavy atom. The van der Waals surface area contributed by atoms with E-state index in [9.17, 15) is 9.90 Å². The maximum absolute atomic E-state index is 13.8. The number of aliphatic hydroxyl groups is 1. The molecule has 2 N–H and O–H groups in total. The highest BCUT2D eigenvalue weighted by atomic mass is 16.6. The summed E-state index contributed by atoms with van der Waals surface area (Å²) < 4.78 is 0. The Kier molecular flexibility index (Phi) is 6.63. The zero-order chi connectivity index (χ0) is 27.0. The molecule has 10 atom stereocenters. The van der Waals surface area contributed by atoms with E-state index >= 15 is 0 Å². The van der Waals surface area contributed by atoms with Crippen molar-refractivity contribution in [1.82, 2.24) is 5.48 Å². The smallest absolute Gasteiger partial charge is 0.250 e. The van der Waals surface area contributed by atoms with Crippen molar-refractivity contribution < 1.29 is 14.7 Å². The first-order chi connectivity index (χ1) is 17.3. The van der Waals surface area contributed by atoms with Crippen molar-refractivity contribution >= 4 is 5.91 Å². The summed E-state index contributed by atoms with van der Waals surface area (Å²) in [4.78, 5) is 19.3. The predicted molar refractivity (Wildman–Crippen MR) is 149 cm³/mol. The van der Waals surface area contributed by atoms with Gasteiger partial charge in [-0.3, -0.25) is 9.63 Å². The quantitative estimate of drug-likeness (QED) is 0.232. The van der Waals surface area contributed by atoms with Gasteiger partial charge < -0.3 is 5.11 Å². The van der Waals surface area contributed by atoms with Gasteiger partial charge in [0.15, 0.2) is 0 Å². The first-order valence-corrected chi connectivity index (χ1v) is 15.2. The number of hydrogen-bond donors (Lipinski definition) is 2. The predicted octanol–water partition coefficient (Wildman–Crippen LogP) is 7.24. The second kappa shape index (κ2) is 8.95. The number of carbonyl (C=O) groups excluding carboxylic acids is 1. The molecule has 5 aliphatic rings. The van der Waals surface area contributed by atoms with Gasteiger partial charge in [-0.1, -0.05) is 52.8 Å². The van der Waals surface area contributed by atoms with Crippen LogP contribution in [0.1, 0.15) is 106 Å². The Morgan fingerprint density at radius 3 is 2.35 bits per heavy atom. The number of aliphatic hydroxyl groups excluding tert-OH is 1. The molecule has 0 aromatic heterocycles. The highest BCUT2D eigenvalue weighted by Gasteiger charge is 2.71. The Hall–Kier alpha value is -1.13. The van der Waals surface area contributed by atoms with E-state index < -0.39 is 0 Å². The van der Waals surface area contributed by atoms with Gasteiger partial charge in [-0.25, -0.2) is 5.48 Å². The molecule has 0 aromatic rings. The summed E-state index contributed by atoms with van der Waals surface area (Å²) in [6, 6.07) is 0. The number of hydroxylamine groups is 1. The van der Waals surface area contributed by atoms with Crippen molar-refractivity contribution in [2.24, 2.45) is 56.7 Å². The number of fused-ring (bicyclic) bond motifs is 7. The average molecular weight is 512 g/mol. The standard InChI is InChI=1S/C33H53NO3/c1-9-20-37-34-28(36)33-17-12-22(21(2)3)27(33)23-10-11-25-30(6)15-14-26(35)29(4,5)24(30)13-16-32(25,8)31(23,7)18-19-33/h9,22-27,35H,1-2,10-20H2,3-8H3,(H,34,36)/t22-,23+,24-,25+,26-,27+,30-,31+,32+,33-/m0/s1. The van der Waals surface area contributed by atoms with E-state index in [1.807, 2.05) is 0 Å². The third-order valence-electron chi connectivity index (χ3n) is 13.9. The SMILES string of the molecule is C=CCONC(=O)[C@]12CC[C@@H](C(=C)C)[C@@H]1[C@H]1CC[C@@H]3[C@@]4(C)CC[C@H](O)C(C)(C)[C@@H]4CC[C@@]3(C)[C@]1(C)CC2. The van der Waals surface area contributed by atoms with E-state index in [0.29, 0.717) is 36.2 Å². The zero-order valence-corrected chi connectivity index (χ0v) is 24.5. The lowest BCUT2D eigenvalue weighted by molar-refractivity contribution is -0.247. The molecule has 0 radical (unpaired) electrons. The fraction of sp³-hybridized carbons (Fsp3) is 0.848. The lowest BCUT2D eigenvalue weighted by atomic mass is 9.32. The van der Waals surface area contributed by atoms with Gasteiger partial charge in [-0.15, -0.1) is 6.58 Å². The first kappa shape index (κ1) is 27.4. The summed E-state index contributed by atoms with van der Waals surface area (Å²) in [5, 5.41) is 11.0. The molecule has 0 unspecified atom stereocenters. The molecule has 4 heteroatoms. The van der Waals surface area contributed by atoms with Crippen LogP contribution in [0.5, 0.6) is 0 Å². The van der Waals surface area contributed by atoms with E-state index in [1.165, 1.54) is 31.3 Å².